The zero-order valence-electron chi connectivity index (χ0n) is 17.9. The van der Waals surface area contributed by atoms with Gasteiger partial charge in [-0.05, 0) is 44.5 Å². The lowest BCUT2D eigenvalue weighted by molar-refractivity contribution is 0.309. The summed E-state index contributed by atoms with van der Waals surface area (Å²) in [7, 11) is -6.34. The van der Waals surface area contributed by atoms with E-state index in [1.165, 1.54) is 16.8 Å². The summed E-state index contributed by atoms with van der Waals surface area (Å²) in [5.74, 6) is 0. The van der Waals surface area contributed by atoms with Crippen molar-refractivity contribution < 1.29 is 16.8 Å². The Balaban J connectivity index is 1.73. The van der Waals surface area contributed by atoms with Gasteiger partial charge in [0.15, 0.2) is 0 Å². The molecule has 1 aromatic carbocycles. The van der Waals surface area contributed by atoms with Gasteiger partial charge in [-0.1, -0.05) is 0 Å². The number of benzene rings is 1. The quantitative estimate of drug-likeness (QED) is 0.687. The van der Waals surface area contributed by atoms with Gasteiger partial charge >= 0.3 is 0 Å². The Morgan fingerprint density at radius 3 is 2.07 bits per heavy atom. The van der Waals surface area contributed by atoms with Crippen molar-refractivity contribution in [2.45, 2.75) is 32.9 Å². The van der Waals surface area contributed by atoms with Crippen LogP contribution in [0.4, 0.5) is 11.4 Å². The third-order valence-electron chi connectivity index (χ3n) is 5.90. The fourth-order valence-electron chi connectivity index (χ4n) is 4.43. The Hall–Kier alpha value is -1.36. The average molecular weight is 445 g/mol. The summed E-state index contributed by atoms with van der Waals surface area (Å²) in [5.41, 5.74) is 3.35. The van der Waals surface area contributed by atoms with Gasteiger partial charge in [0, 0.05) is 62.7 Å². The predicted molar refractivity (Wildman–Crippen MR) is 118 cm³/mol. The predicted octanol–water partition coefficient (Wildman–Crippen LogP) is 0.935. The first-order valence-electron chi connectivity index (χ1n) is 9.92. The van der Waals surface area contributed by atoms with Crippen LogP contribution in [0.15, 0.2) is 18.2 Å². The van der Waals surface area contributed by atoms with Crippen LogP contribution < -0.4 is 9.80 Å². The number of sulfonamides is 2. The summed E-state index contributed by atoms with van der Waals surface area (Å²) in [6, 6.07) is 6.37. The van der Waals surface area contributed by atoms with Crippen molar-refractivity contribution in [3.63, 3.8) is 0 Å². The molecular formula is C19H32N4O4S2. The second-order valence-electron chi connectivity index (χ2n) is 8.30. The van der Waals surface area contributed by atoms with E-state index in [9.17, 15) is 16.8 Å². The monoisotopic (exact) mass is 444 g/mol. The first kappa shape index (κ1) is 22.3. The average Bonchev–Trinajstić information content (AvgIpc) is 2.59. The Morgan fingerprint density at radius 1 is 0.862 bits per heavy atom. The largest absolute Gasteiger partial charge is 0.368 e. The zero-order chi connectivity index (χ0) is 21.6. The smallest absolute Gasteiger partial charge is 0.211 e. The maximum absolute atomic E-state index is 11.9. The first-order valence-corrected chi connectivity index (χ1v) is 13.6. The topological polar surface area (TPSA) is 81.2 Å². The second kappa shape index (κ2) is 8.05. The molecule has 2 aliphatic heterocycles. The molecule has 2 atom stereocenters. The van der Waals surface area contributed by atoms with Crippen molar-refractivity contribution in [2.24, 2.45) is 0 Å². The number of anilines is 2. The van der Waals surface area contributed by atoms with Gasteiger partial charge in [-0.3, -0.25) is 0 Å². The van der Waals surface area contributed by atoms with Crippen molar-refractivity contribution in [1.29, 1.82) is 0 Å². The van der Waals surface area contributed by atoms with Crippen LogP contribution in [0.5, 0.6) is 0 Å². The third-order valence-corrected chi connectivity index (χ3v) is 8.57. The normalized spacial score (nSPS) is 25.4. The van der Waals surface area contributed by atoms with Crippen LogP contribution in [-0.2, 0) is 20.0 Å². The Kier molecular flexibility index (Phi) is 6.20. The van der Waals surface area contributed by atoms with Gasteiger partial charge in [-0.25, -0.2) is 16.8 Å². The molecule has 2 aliphatic rings. The van der Waals surface area contributed by atoms with Crippen molar-refractivity contribution in [3.05, 3.63) is 23.8 Å². The van der Waals surface area contributed by atoms with E-state index in [1.54, 1.807) is 4.31 Å². The summed E-state index contributed by atoms with van der Waals surface area (Å²) < 4.78 is 50.6. The molecular weight excluding hydrogens is 412 g/mol. The molecule has 0 unspecified atom stereocenters. The molecule has 0 radical (unpaired) electrons. The Bertz CT molecular complexity index is 964. The lowest BCUT2D eigenvalue weighted by atomic mass is 10.1. The van der Waals surface area contributed by atoms with Gasteiger partial charge < -0.3 is 9.80 Å². The molecule has 2 fully saturated rings. The highest BCUT2D eigenvalue weighted by Crippen LogP contribution is 2.30. The summed E-state index contributed by atoms with van der Waals surface area (Å²) >= 11 is 0. The Morgan fingerprint density at radius 2 is 1.55 bits per heavy atom. The molecule has 10 heteroatoms. The van der Waals surface area contributed by atoms with Crippen molar-refractivity contribution in [3.8, 4) is 0 Å². The molecule has 0 bridgehead atoms. The van der Waals surface area contributed by atoms with E-state index in [1.807, 2.05) is 13.8 Å². The molecule has 0 saturated carbocycles. The summed E-state index contributed by atoms with van der Waals surface area (Å²) in [6.07, 6.45) is 2.53. The van der Waals surface area contributed by atoms with Crippen LogP contribution in [0.25, 0.3) is 0 Å². The van der Waals surface area contributed by atoms with E-state index >= 15 is 0 Å². The highest BCUT2D eigenvalue weighted by Gasteiger charge is 2.31. The van der Waals surface area contributed by atoms with E-state index in [0.717, 1.165) is 16.9 Å². The number of piperazine rings is 2. The van der Waals surface area contributed by atoms with Gasteiger partial charge in [-0.2, -0.15) is 8.61 Å². The fraction of sp³-hybridized carbons (Fsp3) is 0.684. The van der Waals surface area contributed by atoms with Crippen molar-refractivity contribution in [2.75, 3.05) is 61.6 Å². The fourth-order valence-corrected chi connectivity index (χ4v) is 6.47. The molecule has 29 heavy (non-hydrogen) atoms. The van der Waals surface area contributed by atoms with Crippen LogP contribution in [0.1, 0.15) is 19.4 Å². The molecule has 0 amide bonds. The standard InChI is InChI=1S/C19H32N4O4S2/c1-15-12-18(22-10-9-21(14-16(22)2)28(4,24)25)6-7-19(15)20-8-11-23(17(3)13-20)29(5,26)27/h6-7,12,16-17H,8-11,13-14H2,1-5H3/t16-,17-/m0/s1. The molecule has 2 heterocycles. The first-order chi connectivity index (χ1) is 13.4. The Labute approximate surface area is 175 Å². The van der Waals surface area contributed by atoms with E-state index in [-0.39, 0.29) is 12.1 Å². The van der Waals surface area contributed by atoms with Gasteiger partial charge in [0.2, 0.25) is 20.0 Å². The molecule has 1 aromatic rings. The number of hydrogen-bond donors (Lipinski definition) is 0. The molecule has 3 rings (SSSR count). The maximum Gasteiger partial charge on any atom is 0.211 e. The van der Waals surface area contributed by atoms with E-state index < -0.39 is 20.0 Å². The van der Waals surface area contributed by atoms with Crippen LogP contribution >= 0.6 is 0 Å². The SMILES string of the molecule is Cc1cc(N2CCN(S(C)(=O)=O)C[C@@H]2C)ccc1N1CCN(S(C)(=O)=O)[C@@H](C)C1. The third kappa shape index (κ3) is 4.87. The minimum Gasteiger partial charge on any atom is -0.368 e. The van der Waals surface area contributed by atoms with E-state index in [2.05, 4.69) is 34.9 Å². The molecule has 0 spiro atoms. The summed E-state index contributed by atoms with van der Waals surface area (Å²) in [4.78, 5) is 4.50. The van der Waals surface area contributed by atoms with Gasteiger partial charge in [-0.15, -0.1) is 0 Å². The number of nitrogens with zero attached hydrogens (tertiary/aromatic N) is 4. The van der Waals surface area contributed by atoms with Crippen LogP contribution in [0.3, 0.4) is 0 Å². The minimum absolute atomic E-state index is 0.0677. The molecule has 0 N–H and O–H groups in total. The number of rotatable bonds is 4. The van der Waals surface area contributed by atoms with Crippen molar-refractivity contribution in [1.82, 2.24) is 8.61 Å². The van der Waals surface area contributed by atoms with Gasteiger partial charge in [0.1, 0.15) is 0 Å². The molecule has 0 aromatic heterocycles. The molecule has 8 nitrogen and oxygen atoms in total. The highest BCUT2D eigenvalue weighted by atomic mass is 32.2. The van der Waals surface area contributed by atoms with Crippen LogP contribution in [0, 0.1) is 6.92 Å². The van der Waals surface area contributed by atoms with Gasteiger partial charge in [0.05, 0.1) is 12.5 Å². The van der Waals surface area contributed by atoms with Gasteiger partial charge in [0.25, 0.3) is 0 Å². The van der Waals surface area contributed by atoms with E-state index in [4.69, 9.17) is 0 Å². The minimum atomic E-state index is -3.18. The second-order valence-corrected chi connectivity index (χ2v) is 12.2. The summed E-state index contributed by atoms with van der Waals surface area (Å²) in [6.45, 7) is 9.54. The van der Waals surface area contributed by atoms with Crippen molar-refractivity contribution >= 4 is 31.4 Å². The lowest BCUT2D eigenvalue weighted by Gasteiger charge is -2.41. The van der Waals surface area contributed by atoms with Crippen LogP contribution in [0.2, 0.25) is 0 Å². The molecule has 164 valence electrons. The molecule has 0 aliphatic carbocycles. The zero-order valence-corrected chi connectivity index (χ0v) is 19.5. The highest BCUT2D eigenvalue weighted by molar-refractivity contribution is 7.88. The maximum atomic E-state index is 11.9. The number of hydrogen-bond acceptors (Lipinski definition) is 6. The lowest BCUT2D eigenvalue weighted by Crippen LogP contribution is -2.54. The van der Waals surface area contributed by atoms with Crippen LogP contribution in [-0.4, -0.2) is 89.3 Å². The molecule has 2 saturated heterocycles. The summed E-state index contributed by atoms with van der Waals surface area (Å²) in [5, 5.41) is 0. The van der Waals surface area contributed by atoms with E-state index in [0.29, 0.717) is 39.3 Å². The number of aryl methyl sites for hydroxylation is 1.